The Kier molecular flexibility index (Phi) is 11.3. The van der Waals surface area contributed by atoms with E-state index in [-0.39, 0.29) is 28.9 Å². The molecule has 1 heterocycles. The van der Waals surface area contributed by atoms with Crippen LogP contribution in [0.2, 0.25) is 0 Å². The highest BCUT2D eigenvalue weighted by Gasteiger charge is 2.53. The van der Waals surface area contributed by atoms with Crippen LogP contribution in [0.4, 0.5) is 0 Å². The zero-order chi connectivity index (χ0) is 33.0. The van der Waals surface area contributed by atoms with Crippen molar-refractivity contribution in [3.05, 3.63) is 156 Å². The van der Waals surface area contributed by atoms with Gasteiger partial charge in [0.05, 0.1) is 28.9 Å². The number of benzene rings is 4. The molecule has 1 unspecified atom stereocenters. The lowest BCUT2D eigenvalue weighted by atomic mass is 9.97. The largest absolute Gasteiger partial charge is 0.459 e. The van der Waals surface area contributed by atoms with E-state index in [1.54, 1.807) is 121 Å². The SMILES string of the molecule is C=CCO[C@H]1OC(COC(=O)c2ccccc2)[C@@H](OC(=O)c2ccccc2)[C@H](OC(=O)c2ccccc2)[C@@H]1OC(=O)c1ccccc1. The first-order chi connectivity index (χ1) is 22.9. The predicted octanol–water partition coefficient (Wildman–Crippen LogP) is 5.45. The minimum absolute atomic E-state index is 0.0472. The summed E-state index contributed by atoms with van der Waals surface area (Å²) in [7, 11) is 0. The lowest BCUT2D eigenvalue weighted by Crippen LogP contribution is -2.63. The van der Waals surface area contributed by atoms with Crippen molar-refractivity contribution in [1.82, 2.24) is 0 Å². The van der Waals surface area contributed by atoms with Crippen LogP contribution in [0.15, 0.2) is 134 Å². The molecule has 0 bridgehead atoms. The van der Waals surface area contributed by atoms with Gasteiger partial charge in [0.25, 0.3) is 0 Å². The van der Waals surface area contributed by atoms with Gasteiger partial charge in [0.1, 0.15) is 12.7 Å². The molecule has 5 rings (SSSR count). The standard InChI is InChI=1S/C37H32O10/c1-2-23-42-37-32(47-36(41)28-21-13-6-14-22-28)31(46-35(40)27-19-11-5-12-20-27)30(45-34(39)26-17-9-4-10-18-26)29(44-37)24-43-33(38)25-15-7-3-8-16-25/h2-22,29-32,37H,1,23-24H2/t29?,30-,31+,32+,37+/m1/s1. The minimum Gasteiger partial charge on any atom is -0.459 e. The third-order valence-corrected chi connectivity index (χ3v) is 7.12. The predicted molar refractivity (Wildman–Crippen MR) is 168 cm³/mol. The maximum Gasteiger partial charge on any atom is 0.338 e. The van der Waals surface area contributed by atoms with Crippen molar-refractivity contribution >= 4 is 23.9 Å². The molecule has 0 amide bonds. The summed E-state index contributed by atoms with van der Waals surface area (Å²) >= 11 is 0. The summed E-state index contributed by atoms with van der Waals surface area (Å²) in [5, 5.41) is 0. The summed E-state index contributed by atoms with van der Waals surface area (Å²) in [5.74, 6) is -3.00. The maximum atomic E-state index is 13.5. The van der Waals surface area contributed by atoms with Gasteiger partial charge in [0.2, 0.25) is 0 Å². The van der Waals surface area contributed by atoms with Gasteiger partial charge in [-0.15, -0.1) is 6.58 Å². The molecule has 10 nitrogen and oxygen atoms in total. The molecule has 5 atom stereocenters. The van der Waals surface area contributed by atoms with Gasteiger partial charge in [-0.2, -0.15) is 0 Å². The Morgan fingerprint density at radius 3 is 1.36 bits per heavy atom. The molecule has 4 aromatic rings. The van der Waals surface area contributed by atoms with Crippen molar-refractivity contribution in [2.45, 2.75) is 30.7 Å². The molecular formula is C37H32O10. The Morgan fingerprint density at radius 2 is 0.936 bits per heavy atom. The third kappa shape index (κ3) is 8.57. The first-order valence-electron chi connectivity index (χ1n) is 14.8. The van der Waals surface area contributed by atoms with Crippen LogP contribution in [0.5, 0.6) is 0 Å². The van der Waals surface area contributed by atoms with Crippen molar-refractivity contribution in [1.29, 1.82) is 0 Å². The molecule has 0 radical (unpaired) electrons. The van der Waals surface area contributed by atoms with Gasteiger partial charge < -0.3 is 28.4 Å². The number of esters is 4. The highest BCUT2D eigenvalue weighted by molar-refractivity contribution is 5.91. The molecule has 1 aliphatic heterocycles. The molecule has 0 spiro atoms. The van der Waals surface area contributed by atoms with Gasteiger partial charge in [-0.1, -0.05) is 78.9 Å². The van der Waals surface area contributed by atoms with Gasteiger partial charge >= 0.3 is 23.9 Å². The Hall–Kier alpha value is -5.58. The molecule has 47 heavy (non-hydrogen) atoms. The van der Waals surface area contributed by atoms with E-state index in [0.717, 1.165) is 0 Å². The number of hydrogen-bond donors (Lipinski definition) is 0. The van der Waals surface area contributed by atoms with Crippen LogP contribution in [0.25, 0.3) is 0 Å². The van der Waals surface area contributed by atoms with Gasteiger partial charge in [0.15, 0.2) is 24.6 Å². The van der Waals surface area contributed by atoms with Crippen molar-refractivity contribution in [3.8, 4) is 0 Å². The van der Waals surface area contributed by atoms with Crippen LogP contribution in [0, 0.1) is 0 Å². The quantitative estimate of drug-likeness (QED) is 0.113. The first kappa shape index (κ1) is 32.8. The molecule has 0 N–H and O–H groups in total. The van der Waals surface area contributed by atoms with E-state index in [2.05, 4.69) is 6.58 Å². The highest BCUT2D eigenvalue weighted by atomic mass is 16.7. The maximum absolute atomic E-state index is 13.5. The molecule has 10 heteroatoms. The lowest BCUT2D eigenvalue weighted by molar-refractivity contribution is -0.295. The van der Waals surface area contributed by atoms with Gasteiger partial charge in [-0.25, -0.2) is 19.2 Å². The average molecular weight is 637 g/mol. The van der Waals surface area contributed by atoms with Crippen LogP contribution >= 0.6 is 0 Å². The van der Waals surface area contributed by atoms with Crippen molar-refractivity contribution < 1.29 is 47.6 Å². The second kappa shape index (κ2) is 16.1. The summed E-state index contributed by atoms with van der Waals surface area (Å²) in [6.45, 7) is 3.19. The number of carbonyl (C=O) groups excluding carboxylic acids is 4. The summed E-state index contributed by atoms with van der Waals surface area (Å²) in [6.07, 6.45) is -5.49. The van der Waals surface area contributed by atoms with Crippen LogP contribution < -0.4 is 0 Å². The topological polar surface area (TPSA) is 124 Å². The van der Waals surface area contributed by atoms with E-state index in [4.69, 9.17) is 28.4 Å². The normalized spacial score (nSPS) is 20.3. The number of rotatable bonds is 12. The summed E-state index contributed by atoms with van der Waals surface area (Å²) in [4.78, 5) is 53.2. The van der Waals surface area contributed by atoms with Crippen LogP contribution in [-0.2, 0) is 28.4 Å². The third-order valence-electron chi connectivity index (χ3n) is 7.12. The summed E-state index contributed by atoms with van der Waals surface area (Å²) in [5.41, 5.74) is 0.876. The molecular weight excluding hydrogens is 604 g/mol. The van der Waals surface area contributed by atoms with Gasteiger partial charge in [-0.3, -0.25) is 0 Å². The van der Waals surface area contributed by atoms with Crippen molar-refractivity contribution in [2.24, 2.45) is 0 Å². The molecule has 0 aliphatic carbocycles. The molecule has 1 aliphatic rings. The summed E-state index contributed by atoms with van der Waals surface area (Å²) in [6, 6.07) is 32.7. The fraction of sp³-hybridized carbons (Fsp3) is 0.189. The fourth-order valence-electron chi connectivity index (χ4n) is 4.82. The highest BCUT2D eigenvalue weighted by Crippen LogP contribution is 2.31. The van der Waals surface area contributed by atoms with E-state index in [0.29, 0.717) is 0 Å². The van der Waals surface area contributed by atoms with E-state index in [9.17, 15) is 19.2 Å². The van der Waals surface area contributed by atoms with Gasteiger partial charge in [0, 0.05) is 0 Å². The molecule has 1 fully saturated rings. The summed E-state index contributed by atoms with van der Waals surface area (Å²) < 4.78 is 35.5. The van der Waals surface area contributed by atoms with E-state index < -0.39 is 61.2 Å². The lowest BCUT2D eigenvalue weighted by Gasteiger charge is -2.44. The zero-order valence-corrected chi connectivity index (χ0v) is 25.2. The van der Waals surface area contributed by atoms with Crippen LogP contribution in [0.1, 0.15) is 41.4 Å². The monoisotopic (exact) mass is 636 g/mol. The number of hydrogen-bond acceptors (Lipinski definition) is 10. The molecule has 4 aromatic carbocycles. The second-order valence-electron chi connectivity index (χ2n) is 10.3. The minimum atomic E-state index is -1.48. The average Bonchev–Trinajstić information content (AvgIpc) is 3.13. The van der Waals surface area contributed by atoms with Crippen LogP contribution in [0.3, 0.4) is 0 Å². The smallest absolute Gasteiger partial charge is 0.338 e. The Balaban J connectivity index is 1.53. The second-order valence-corrected chi connectivity index (χ2v) is 10.3. The first-order valence-corrected chi connectivity index (χ1v) is 14.8. The van der Waals surface area contributed by atoms with E-state index >= 15 is 0 Å². The van der Waals surface area contributed by atoms with E-state index in [1.165, 1.54) is 6.08 Å². The Labute approximate surface area is 271 Å². The molecule has 1 saturated heterocycles. The fourth-order valence-corrected chi connectivity index (χ4v) is 4.82. The zero-order valence-electron chi connectivity index (χ0n) is 25.2. The van der Waals surface area contributed by atoms with E-state index in [1.807, 2.05) is 0 Å². The van der Waals surface area contributed by atoms with Crippen molar-refractivity contribution in [2.75, 3.05) is 13.2 Å². The van der Waals surface area contributed by atoms with Crippen molar-refractivity contribution in [3.63, 3.8) is 0 Å². The molecule has 240 valence electrons. The van der Waals surface area contributed by atoms with Gasteiger partial charge in [-0.05, 0) is 48.5 Å². The number of ether oxygens (including phenoxy) is 6. The Bertz CT molecular complexity index is 1640. The van der Waals surface area contributed by atoms with Crippen LogP contribution in [-0.4, -0.2) is 67.8 Å². The Morgan fingerprint density at radius 1 is 0.553 bits per heavy atom. The molecule has 0 aromatic heterocycles. The number of carbonyl (C=O) groups is 4. The molecule has 0 saturated carbocycles.